The Labute approximate surface area is 153 Å². The summed E-state index contributed by atoms with van der Waals surface area (Å²) in [6.45, 7) is 3.16. The van der Waals surface area contributed by atoms with Crippen molar-refractivity contribution in [2.75, 3.05) is 13.1 Å². The average molecular weight is 379 g/mol. The smallest absolute Gasteiger partial charge is 0.239 e. The predicted molar refractivity (Wildman–Crippen MR) is 97.8 cm³/mol. The normalized spacial score (nSPS) is 21.0. The van der Waals surface area contributed by atoms with E-state index in [2.05, 4.69) is 25.9 Å². The van der Waals surface area contributed by atoms with E-state index in [1.165, 1.54) is 0 Å². The van der Waals surface area contributed by atoms with Gasteiger partial charge in [0.05, 0.1) is 4.90 Å². The van der Waals surface area contributed by atoms with Crippen molar-refractivity contribution in [3.8, 4) is 11.4 Å². The highest BCUT2D eigenvalue weighted by molar-refractivity contribution is 7.89. The van der Waals surface area contributed by atoms with Crippen LogP contribution >= 0.6 is 0 Å². The number of tetrazole rings is 1. The number of sulfonamides is 1. The van der Waals surface area contributed by atoms with E-state index in [0.29, 0.717) is 29.5 Å². The molecule has 142 valence electrons. The molecule has 0 aliphatic heterocycles. The van der Waals surface area contributed by atoms with Gasteiger partial charge in [-0.1, -0.05) is 12.1 Å². The van der Waals surface area contributed by atoms with Gasteiger partial charge in [0.1, 0.15) is 0 Å². The lowest BCUT2D eigenvalue weighted by Crippen LogP contribution is -2.36. The number of nitrogens with one attached hydrogen (secondary N) is 2. The molecule has 0 atom stereocenters. The summed E-state index contributed by atoms with van der Waals surface area (Å²) in [5.41, 5.74) is 7.56. The fourth-order valence-electron chi connectivity index (χ4n) is 3.81. The van der Waals surface area contributed by atoms with Gasteiger partial charge in [-0.2, -0.15) is 0 Å². The van der Waals surface area contributed by atoms with Gasteiger partial charge in [0, 0.05) is 24.7 Å². The molecule has 0 radical (unpaired) electrons. The molecule has 0 amide bonds. The highest BCUT2D eigenvalue weighted by atomic mass is 32.2. The molecule has 6 N–H and O–H groups in total. The zero-order valence-corrected chi connectivity index (χ0v) is 15.6. The number of nitrogens with two attached hydrogens (primary N) is 2. The molecule has 0 bridgehead atoms. The number of nitrogens with zero attached hydrogens (tertiary/aromatic N) is 3. The summed E-state index contributed by atoms with van der Waals surface area (Å²) in [5.74, 6) is 0.559. The number of primary sulfonamides is 1. The molecule has 3 rings (SSSR count). The van der Waals surface area contributed by atoms with E-state index in [0.717, 1.165) is 37.8 Å². The van der Waals surface area contributed by atoms with Gasteiger partial charge < -0.3 is 11.1 Å². The van der Waals surface area contributed by atoms with E-state index >= 15 is 0 Å². The van der Waals surface area contributed by atoms with Crippen molar-refractivity contribution in [1.29, 1.82) is 0 Å². The maximum absolute atomic E-state index is 12.2. The molecule has 1 saturated carbocycles. The topological polar surface area (TPSA) is 153 Å². The Bertz CT molecular complexity index is 844. The fourth-order valence-corrected chi connectivity index (χ4v) is 4.83. The van der Waals surface area contributed by atoms with Crippen LogP contribution in [-0.2, 0) is 10.0 Å². The summed E-state index contributed by atoms with van der Waals surface area (Å²) < 4.78 is 24.5. The van der Waals surface area contributed by atoms with Crippen LogP contribution < -0.4 is 16.2 Å². The lowest BCUT2D eigenvalue weighted by molar-refractivity contribution is 0.346. The first-order valence-corrected chi connectivity index (χ1v) is 10.3. The first-order valence-electron chi connectivity index (χ1n) is 8.75. The molecular weight excluding hydrogens is 354 g/mol. The largest absolute Gasteiger partial charge is 0.329 e. The van der Waals surface area contributed by atoms with Gasteiger partial charge in [0.15, 0.2) is 5.82 Å². The van der Waals surface area contributed by atoms with Crippen LogP contribution in [-0.4, -0.2) is 48.2 Å². The standard InChI is InChI=1S/C16H25N7O2S/c1-10-2-7-13(11-3-5-12(6-4-11)19-9-8-17)14(15(10)26(18,24)25)16-20-22-23-21-16/h2,7,11-12,19H,3-6,8-9,17H2,1H3,(H2,18,24,25)(H,20,21,22,23). The van der Waals surface area contributed by atoms with Crippen LogP contribution in [0.15, 0.2) is 17.0 Å². The van der Waals surface area contributed by atoms with Gasteiger partial charge in [0.2, 0.25) is 10.0 Å². The zero-order chi connectivity index (χ0) is 18.7. The lowest BCUT2D eigenvalue weighted by atomic mass is 9.79. The van der Waals surface area contributed by atoms with E-state index in [1.54, 1.807) is 13.0 Å². The highest BCUT2D eigenvalue weighted by Crippen LogP contribution is 2.40. The SMILES string of the molecule is Cc1ccc(C2CCC(NCCN)CC2)c(-c2nnn[nH]2)c1S(N)(=O)=O. The van der Waals surface area contributed by atoms with Crippen LogP contribution in [0.1, 0.15) is 42.7 Å². The first kappa shape index (κ1) is 18.9. The predicted octanol–water partition coefficient (Wildman–Crippen LogP) is 0.397. The summed E-state index contributed by atoms with van der Waals surface area (Å²) in [7, 11) is -3.92. The Morgan fingerprint density at radius 2 is 2.00 bits per heavy atom. The molecule has 1 fully saturated rings. The monoisotopic (exact) mass is 379 g/mol. The fraction of sp³-hybridized carbons (Fsp3) is 0.562. The molecule has 2 aromatic rings. The average Bonchev–Trinajstić information content (AvgIpc) is 3.13. The number of aromatic nitrogens is 4. The Morgan fingerprint density at radius 3 is 2.58 bits per heavy atom. The van der Waals surface area contributed by atoms with Crippen LogP contribution in [0.3, 0.4) is 0 Å². The molecule has 1 aliphatic rings. The maximum atomic E-state index is 12.2. The van der Waals surface area contributed by atoms with E-state index in [4.69, 9.17) is 10.9 Å². The van der Waals surface area contributed by atoms with Gasteiger partial charge in [-0.3, -0.25) is 0 Å². The summed E-state index contributed by atoms with van der Waals surface area (Å²) in [6, 6.07) is 4.23. The van der Waals surface area contributed by atoms with Crippen molar-refractivity contribution in [3.05, 3.63) is 23.3 Å². The van der Waals surface area contributed by atoms with Gasteiger partial charge in [-0.15, -0.1) is 5.10 Å². The van der Waals surface area contributed by atoms with Gasteiger partial charge in [-0.05, 0) is 60.1 Å². The van der Waals surface area contributed by atoms with E-state index in [9.17, 15) is 8.42 Å². The van der Waals surface area contributed by atoms with Crippen LogP contribution in [0.25, 0.3) is 11.4 Å². The molecular formula is C16H25N7O2S. The minimum Gasteiger partial charge on any atom is -0.329 e. The summed E-state index contributed by atoms with van der Waals surface area (Å²) in [5, 5.41) is 22.8. The van der Waals surface area contributed by atoms with Crippen molar-refractivity contribution < 1.29 is 8.42 Å². The zero-order valence-electron chi connectivity index (χ0n) is 14.8. The van der Waals surface area contributed by atoms with Gasteiger partial charge >= 0.3 is 0 Å². The first-order chi connectivity index (χ1) is 12.4. The third-order valence-corrected chi connectivity index (χ3v) is 6.09. The highest BCUT2D eigenvalue weighted by Gasteiger charge is 2.29. The number of H-pyrrole nitrogens is 1. The second-order valence-electron chi connectivity index (χ2n) is 6.76. The summed E-state index contributed by atoms with van der Waals surface area (Å²) in [6.07, 6.45) is 3.92. The van der Waals surface area contributed by atoms with Crippen LogP contribution in [0, 0.1) is 6.92 Å². The van der Waals surface area contributed by atoms with Gasteiger partial charge in [0.25, 0.3) is 0 Å². The minimum absolute atomic E-state index is 0.0944. The number of benzene rings is 1. The lowest BCUT2D eigenvalue weighted by Gasteiger charge is -2.31. The number of aryl methyl sites for hydroxylation is 1. The van der Waals surface area contributed by atoms with Crippen LogP contribution in [0.2, 0.25) is 0 Å². The molecule has 1 aliphatic carbocycles. The van der Waals surface area contributed by atoms with E-state index in [1.807, 2.05) is 6.07 Å². The molecule has 1 aromatic heterocycles. The molecule has 26 heavy (non-hydrogen) atoms. The maximum Gasteiger partial charge on any atom is 0.239 e. The molecule has 9 nitrogen and oxygen atoms in total. The van der Waals surface area contributed by atoms with Crippen LogP contribution in [0.4, 0.5) is 0 Å². The Balaban J connectivity index is 1.98. The van der Waals surface area contributed by atoms with E-state index in [-0.39, 0.29) is 10.8 Å². The van der Waals surface area contributed by atoms with Crippen molar-refractivity contribution in [3.63, 3.8) is 0 Å². The Morgan fingerprint density at radius 1 is 1.27 bits per heavy atom. The molecule has 0 saturated heterocycles. The van der Waals surface area contributed by atoms with Crippen molar-refractivity contribution in [1.82, 2.24) is 25.9 Å². The third kappa shape index (κ3) is 3.93. The quantitative estimate of drug-likeness (QED) is 0.566. The number of rotatable bonds is 6. The second kappa shape index (κ2) is 7.78. The molecule has 0 spiro atoms. The van der Waals surface area contributed by atoms with Crippen molar-refractivity contribution in [2.24, 2.45) is 10.9 Å². The van der Waals surface area contributed by atoms with Crippen LogP contribution in [0.5, 0.6) is 0 Å². The number of hydrogen-bond acceptors (Lipinski definition) is 7. The summed E-state index contributed by atoms with van der Waals surface area (Å²) >= 11 is 0. The number of hydrogen-bond donors (Lipinski definition) is 4. The van der Waals surface area contributed by atoms with Gasteiger partial charge in [-0.25, -0.2) is 18.7 Å². The molecule has 1 heterocycles. The Hall–Kier alpha value is -1.88. The van der Waals surface area contributed by atoms with Crippen molar-refractivity contribution in [2.45, 2.75) is 49.5 Å². The minimum atomic E-state index is -3.92. The molecule has 10 heteroatoms. The Kier molecular flexibility index (Phi) is 5.66. The van der Waals surface area contributed by atoms with E-state index < -0.39 is 10.0 Å². The second-order valence-corrected chi connectivity index (χ2v) is 8.26. The van der Waals surface area contributed by atoms with Crippen molar-refractivity contribution >= 4 is 10.0 Å². The third-order valence-electron chi connectivity index (χ3n) is 5.00. The number of aromatic amines is 1. The molecule has 1 aromatic carbocycles. The molecule has 0 unspecified atom stereocenters. The summed E-state index contributed by atoms with van der Waals surface area (Å²) in [4.78, 5) is 0.0944.